The van der Waals surface area contributed by atoms with Crippen molar-refractivity contribution in [1.29, 1.82) is 0 Å². The third kappa shape index (κ3) is 6.44. The van der Waals surface area contributed by atoms with E-state index < -0.39 is 17.7 Å². The van der Waals surface area contributed by atoms with Crippen molar-refractivity contribution in [3.63, 3.8) is 0 Å². The third-order valence-corrected chi connectivity index (χ3v) is 6.87. The van der Waals surface area contributed by atoms with Crippen LogP contribution in [0.15, 0.2) is 66.0 Å². The van der Waals surface area contributed by atoms with Gasteiger partial charge in [-0.15, -0.1) is 11.3 Å². The third-order valence-electron chi connectivity index (χ3n) is 5.88. The Hall–Kier alpha value is -3.36. The topological polar surface area (TPSA) is 55.8 Å². The van der Waals surface area contributed by atoms with Crippen molar-refractivity contribution in [1.82, 2.24) is 0 Å². The Morgan fingerprint density at radius 2 is 1.72 bits per heavy atom. The van der Waals surface area contributed by atoms with Crippen LogP contribution in [0.4, 0.5) is 13.2 Å². The number of para-hydroxylation sites is 1. The number of aliphatic carboxylic acids is 1. The Kier molecular flexibility index (Phi) is 7.96. The predicted molar refractivity (Wildman–Crippen MR) is 133 cm³/mol. The molecule has 1 aromatic heterocycles. The molecule has 0 saturated heterocycles. The highest BCUT2D eigenvalue weighted by molar-refractivity contribution is 7.17. The monoisotopic (exact) mass is 514 g/mol. The van der Waals surface area contributed by atoms with E-state index in [1.807, 2.05) is 42.6 Å². The van der Waals surface area contributed by atoms with E-state index in [0.717, 1.165) is 44.5 Å². The predicted octanol–water partition coefficient (Wildman–Crippen LogP) is 7.19. The second-order valence-corrected chi connectivity index (χ2v) is 9.41. The zero-order valence-corrected chi connectivity index (χ0v) is 20.4. The Morgan fingerprint density at radius 3 is 2.44 bits per heavy atom. The number of carbonyl (C=O) groups is 1. The molecule has 1 N–H and O–H groups in total. The lowest BCUT2D eigenvalue weighted by atomic mass is 10.0. The van der Waals surface area contributed by atoms with Crippen molar-refractivity contribution in [2.24, 2.45) is 0 Å². The summed E-state index contributed by atoms with van der Waals surface area (Å²) < 4.78 is 51.1. The maximum Gasteiger partial charge on any atom is 0.416 e. The summed E-state index contributed by atoms with van der Waals surface area (Å²) in [5, 5.41) is 12.0. The number of alkyl halides is 3. The van der Waals surface area contributed by atoms with Crippen LogP contribution in [-0.4, -0.2) is 17.7 Å². The van der Waals surface area contributed by atoms with Gasteiger partial charge >= 0.3 is 12.1 Å². The van der Waals surface area contributed by atoms with Gasteiger partial charge in [0.15, 0.2) is 0 Å². The van der Waals surface area contributed by atoms with Crippen LogP contribution >= 0.6 is 11.3 Å². The molecule has 0 fully saturated rings. The molecule has 36 heavy (non-hydrogen) atoms. The molecule has 0 unspecified atom stereocenters. The highest BCUT2D eigenvalue weighted by atomic mass is 32.1. The minimum absolute atomic E-state index is 0.0161. The molecule has 0 bridgehead atoms. The lowest BCUT2D eigenvalue weighted by Gasteiger charge is -2.13. The summed E-state index contributed by atoms with van der Waals surface area (Å²) in [6, 6.07) is 16.5. The second kappa shape index (κ2) is 11.1. The van der Waals surface area contributed by atoms with Crippen LogP contribution in [0, 0.1) is 6.92 Å². The van der Waals surface area contributed by atoms with Gasteiger partial charge in [0.1, 0.15) is 12.4 Å². The molecule has 4 rings (SSSR count). The van der Waals surface area contributed by atoms with E-state index in [1.165, 1.54) is 12.1 Å². The largest absolute Gasteiger partial charge is 0.489 e. The molecule has 0 amide bonds. The maximum atomic E-state index is 12.7. The van der Waals surface area contributed by atoms with Crippen LogP contribution in [-0.2, 0) is 41.8 Å². The van der Waals surface area contributed by atoms with Gasteiger partial charge in [-0.1, -0.05) is 36.4 Å². The van der Waals surface area contributed by atoms with Gasteiger partial charge in [0.05, 0.1) is 25.2 Å². The van der Waals surface area contributed by atoms with Gasteiger partial charge in [0.2, 0.25) is 0 Å². The van der Waals surface area contributed by atoms with E-state index >= 15 is 0 Å². The van der Waals surface area contributed by atoms with Crippen LogP contribution in [0.3, 0.4) is 0 Å². The van der Waals surface area contributed by atoms with E-state index in [1.54, 1.807) is 11.3 Å². The van der Waals surface area contributed by atoms with Crippen LogP contribution in [0.2, 0.25) is 0 Å². The number of hydrogen-bond donors (Lipinski definition) is 1. The molecular formula is C28H25F3O4S. The van der Waals surface area contributed by atoms with Gasteiger partial charge in [-0.25, -0.2) is 0 Å². The van der Waals surface area contributed by atoms with Gasteiger partial charge in [0.25, 0.3) is 0 Å². The molecular weight excluding hydrogens is 489 g/mol. The van der Waals surface area contributed by atoms with E-state index in [2.05, 4.69) is 6.07 Å². The molecule has 8 heteroatoms. The summed E-state index contributed by atoms with van der Waals surface area (Å²) >= 11 is 1.55. The quantitative estimate of drug-likeness (QED) is 0.228. The SMILES string of the molecule is Cc1cc2c(CC(=O)O)csc2cc1CCOCc1ccccc1OCc1ccc(C(F)(F)F)cc1. The number of fused-ring (bicyclic) bond motifs is 1. The summed E-state index contributed by atoms with van der Waals surface area (Å²) in [5.41, 5.74) is 3.89. The molecule has 0 aliphatic rings. The van der Waals surface area contributed by atoms with Crippen molar-refractivity contribution >= 4 is 27.4 Å². The van der Waals surface area contributed by atoms with Crippen molar-refractivity contribution < 1.29 is 32.5 Å². The summed E-state index contributed by atoms with van der Waals surface area (Å²) in [7, 11) is 0. The maximum absolute atomic E-state index is 12.7. The van der Waals surface area contributed by atoms with Crippen LogP contribution in [0.25, 0.3) is 10.1 Å². The van der Waals surface area contributed by atoms with E-state index in [4.69, 9.17) is 14.6 Å². The molecule has 0 aliphatic carbocycles. The first-order valence-electron chi connectivity index (χ1n) is 11.4. The van der Waals surface area contributed by atoms with Gasteiger partial charge in [-0.05, 0) is 70.6 Å². The fourth-order valence-electron chi connectivity index (χ4n) is 3.93. The first-order valence-corrected chi connectivity index (χ1v) is 12.2. The molecule has 0 aliphatic heterocycles. The summed E-state index contributed by atoms with van der Waals surface area (Å²) in [4.78, 5) is 11.1. The molecule has 4 aromatic rings. The van der Waals surface area contributed by atoms with Gasteiger partial charge < -0.3 is 14.6 Å². The zero-order valence-electron chi connectivity index (χ0n) is 19.6. The molecule has 4 nitrogen and oxygen atoms in total. The van der Waals surface area contributed by atoms with Gasteiger partial charge in [-0.2, -0.15) is 13.2 Å². The molecule has 0 atom stereocenters. The number of ether oxygens (including phenoxy) is 2. The first-order chi connectivity index (χ1) is 17.2. The van der Waals surface area contributed by atoms with Gasteiger partial charge in [-0.3, -0.25) is 4.79 Å². The smallest absolute Gasteiger partial charge is 0.416 e. The number of thiophene rings is 1. The first kappa shape index (κ1) is 25.7. The normalized spacial score (nSPS) is 11.7. The zero-order chi connectivity index (χ0) is 25.7. The number of carboxylic acid groups (broad SMARTS) is 1. The molecule has 0 radical (unpaired) electrons. The van der Waals surface area contributed by atoms with Crippen LogP contribution in [0.1, 0.15) is 33.4 Å². The summed E-state index contributed by atoms with van der Waals surface area (Å²) in [5.74, 6) is -0.215. The molecule has 0 saturated carbocycles. The number of hydrogen-bond acceptors (Lipinski definition) is 4. The van der Waals surface area contributed by atoms with Crippen LogP contribution in [0.5, 0.6) is 5.75 Å². The number of rotatable bonds is 10. The van der Waals surface area contributed by atoms with Crippen molar-refractivity contribution in [3.8, 4) is 5.75 Å². The molecule has 3 aromatic carbocycles. The molecule has 188 valence electrons. The fraction of sp³-hybridized carbons (Fsp3) is 0.250. The van der Waals surface area contributed by atoms with E-state index in [9.17, 15) is 18.0 Å². The average molecular weight is 515 g/mol. The second-order valence-electron chi connectivity index (χ2n) is 8.50. The fourth-order valence-corrected chi connectivity index (χ4v) is 4.93. The minimum Gasteiger partial charge on any atom is -0.489 e. The number of carboxylic acids is 1. The highest BCUT2D eigenvalue weighted by Gasteiger charge is 2.29. The standard InChI is InChI=1S/C28H25F3O4S/c1-18-12-24-22(14-27(32)33)17-36-26(24)13-20(18)10-11-34-16-21-4-2-3-5-25(21)35-15-19-6-8-23(9-7-19)28(29,30)31/h2-9,12-13,17H,10-11,14-16H2,1H3,(H,32,33). The van der Waals surface area contributed by atoms with E-state index in [-0.39, 0.29) is 13.0 Å². The average Bonchev–Trinajstić information content (AvgIpc) is 3.21. The number of aryl methyl sites for hydroxylation is 1. The summed E-state index contributed by atoms with van der Waals surface area (Å²) in [6.45, 7) is 3.00. The Morgan fingerprint density at radius 1 is 0.972 bits per heavy atom. The minimum atomic E-state index is -4.36. The molecule has 0 spiro atoms. The van der Waals surface area contributed by atoms with Crippen molar-refractivity contribution in [2.45, 2.75) is 39.2 Å². The van der Waals surface area contributed by atoms with Crippen molar-refractivity contribution in [3.05, 3.63) is 99.4 Å². The summed E-state index contributed by atoms with van der Waals surface area (Å²) in [6.07, 6.45) is -3.63. The van der Waals surface area contributed by atoms with Gasteiger partial charge in [0, 0.05) is 10.3 Å². The highest BCUT2D eigenvalue weighted by Crippen LogP contribution is 2.31. The number of halogens is 3. The lowest BCUT2D eigenvalue weighted by molar-refractivity contribution is -0.138. The van der Waals surface area contributed by atoms with Crippen molar-refractivity contribution in [2.75, 3.05) is 6.61 Å². The number of benzene rings is 3. The Balaban J connectivity index is 1.32. The van der Waals surface area contributed by atoms with E-state index in [0.29, 0.717) is 30.9 Å². The molecule has 1 heterocycles. The van der Waals surface area contributed by atoms with Crippen LogP contribution < -0.4 is 4.74 Å². The lowest BCUT2D eigenvalue weighted by Crippen LogP contribution is -2.05. The Bertz CT molecular complexity index is 1340. The Labute approximate surface area is 210 Å².